The number of benzene rings is 1. The number of carbonyl (C=O) groups excluding carboxylic acids is 1. The number of halogens is 1. The van der Waals surface area contributed by atoms with Gasteiger partial charge in [-0.1, -0.05) is 29.0 Å². The van der Waals surface area contributed by atoms with Crippen LogP contribution in [0.5, 0.6) is 0 Å². The van der Waals surface area contributed by atoms with Crippen LogP contribution in [0.3, 0.4) is 0 Å². The molecule has 0 fully saturated rings. The zero-order valence-electron chi connectivity index (χ0n) is 14.9. The molecular formula is C20H17ClN2O2S2. The number of carbonyl (C=O) groups is 1. The van der Waals surface area contributed by atoms with Crippen molar-refractivity contribution in [1.29, 1.82) is 0 Å². The van der Waals surface area contributed by atoms with Gasteiger partial charge < -0.3 is 4.42 Å². The Balaban J connectivity index is 1.71. The average Bonchev–Trinajstić information content (AvgIpc) is 3.33. The number of furan rings is 1. The van der Waals surface area contributed by atoms with Crippen LogP contribution >= 0.6 is 34.3 Å². The van der Waals surface area contributed by atoms with Crippen LogP contribution in [0, 0.1) is 13.8 Å². The summed E-state index contributed by atoms with van der Waals surface area (Å²) in [7, 11) is 0. The van der Waals surface area contributed by atoms with E-state index >= 15 is 0 Å². The number of aryl methyl sites for hydroxylation is 2. The molecule has 0 spiro atoms. The molecule has 4 aromatic rings. The maximum Gasteiger partial charge on any atom is 0.234 e. The van der Waals surface area contributed by atoms with Gasteiger partial charge in [-0.15, -0.1) is 11.3 Å². The Morgan fingerprint density at radius 3 is 2.78 bits per heavy atom. The SMILES string of the molecule is Cc1cc(C)c2sc(N(Cc3ccco3)C(=O)Cc3ccc(Cl)s3)nc2c1. The number of rotatable bonds is 5. The van der Waals surface area contributed by atoms with Crippen molar-refractivity contribution in [3.8, 4) is 0 Å². The van der Waals surface area contributed by atoms with Gasteiger partial charge in [-0.3, -0.25) is 9.69 Å². The van der Waals surface area contributed by atoms with Gasteiger partial charge in [-0.05, 0) is 55.3 Å². The molecule has 3 aromatic heterocycles. The normalized spacial score (nSPS) is 11.2. The molecule has 1 amide bonds. The van der Waals surface area contributed by atoms with Gasteiger partial charge in [0.05, 0.1) is 33.8 Å². The predicted octanol–water partition coefficient (Wildman–Crippen LogP) is 6.00. The molecule has 4 nitrogen and oxygen atoms in total. The molecule has 0 N–H and O–H groups in total. The lowest BCUT2D eigenvalue weighted by Crippen LogP contribution is -2.31. The van der Waals surface area contributed by atoms with E-state index in [1.54, 1.807) is 11.2 Å². The number of aromatic nitrogens is 1. The van der Waals surface area contributed by atoms with Gasteiger partial charge >= 0.3 is 0 Å². The highest BCUT2D eigenvalue weighted by Gasteiger charge is 2.22. The summed E-state index contributed by atoms with van der Waals surface area (Å²) < 4.78 is 7.26. The van der Waals surface area contributed by atoms with Crippen LogP contribution in [0.15, 0.2) is 47.1 Å². The maximum absolute atomic E-state index is 13.1. The van der Waals surface area contributed by atoms with Crippen molar-refractivity contribution in [2.45, 2.75) is 26.8 Å². The minimum atomic E-state index is -0.0293. The number of hydrogen-bond donors (Lipinski definition) is 0. The molecule has 138 valence electrons. The van der Waals surface area contributed by atoms with E-state index in [4.69, 9.17) is 21.0 Å². The quantitative estimate of drug-likeness (QED) is 0.401. The summed E-state index contributed by atoms with van der Waals surface area (Å²) in [5, 5.41) is 0.683. The third-order valence-corrected chi connectivity index (χ3v) is 6.65. The van der Waals surface area contributed by atoms with Crippen molar-refractivity contribution in [3.05, 3.63) is 68.8 Å². The Labute approximate surface area is 170 Å². The predicted molar refractivity (Wildman–Crippen MR) is 112 cm³/mol. The average molecular weight is 417 g/mol. The zero-order valence-corrected chi connectivity index (χ0v) is 17.2. The lowest BCUT2D eigenvalue weighted by atomic mass is 10.1. The lowest BCUT2D eigenvalue weighted by Gasteiger charge is -2.18. The van der Waals surface area contributed by atoms with Crippen molar-refractivity contribution in [2.24, 2.45) is 0 Å². The Bertz CT molecular complexity index is 1100. The van der Waals surface area contributed by atoms with Crippen LogP contribution in [0.25, 0.3) is 10.2 Å². The minimum Gasteiger partial charge on any atom is -0.467 e. The summed E-state index contributed by atoms with van der Waals surface area (Å²) in [5.41, 5.74) is 3.25. The molecule has 4 rings (SSSR count). The van der Waals surface area contributed by atoms with Gasteiger partial charge in [0.15, 0.2) is 5.13 Å². The number of anilines is 1. The third-order valence-electron chi connectivity index (χ3n) is 4.19. The highest BCUT2D eigenvalue weighted by molar-refractivity contribution is 7.22. The molecule has 0 saturated carbocycles. The van der Waals surface area contributed by atoms with Crippen LogP contribution in [0.2, 0.25) is 4.34 Å². The summed E-state index contributed by atoms with van der Waals surface area (Å²) >= 11 is 8.97. The van der Waals surface area contributed by atoms with Crippen LogP contribution < -0.4 is 4.90 Å². The van der Waals surface area contributed by atoms with Gasteiger partial charge in [-0.25, -0.2) is 4.98 Å². The molecule has 1 aromatic carbocycles. The van der Waals surface area contributed by atoms with Crippen LogP contribution in [0.4, 0.5) is 5.13 Å². The van der Waals surface area contributed by atoms with Crippen molar-refractivity contribution in [3.63, 3.8) is 0 Å². The van der Waals surface area contributed by atoms with E-state index in [-0.39, 0.29) is 12.3 Å². The molecule has 0 saturated heterocycles. The largest absolute Gasteiger partial charge is 0.467 e. The number of thiophene rings is 1. The van der Waals surface area contributed by atoms with Gasteiger partial charge in [-0.2, -0.15) is 0 Å². The second-order valence-corrected chi connectivity index (χ2v) is 9.15. The van der Waals surface area contributed by atoms with E-state index in [1.165, 1.54) is 28.2 Å². The summed E-state index contributed by atoms with van der Waals surface area (Å²) in [5.74, 6) is 0.693. The first-order valence-electron chi connectivity index (χ1n) is 8.44. The molecule has 0 atom stereocenters. The first-order valence-corrected chi connectivity index (χ1v) is 10.5. The monoisotopic (exact) mass is 416 g/mol. The zero-order chi connectivity index (χ0) is 19.0. The van der Waals surface area contributed by atoms with Gasteiger partial charge in [0, 0.05) is 4.88 Å². The number of amides is 1. The first-order chi connectivity index (χ1) is 13.0. The summed E-state index contributed by atoms with van der Waals surface area (Å²) in [6, 6.07) is 11.6. The highest BCUT2D eigenvalue weighted by atomic mass is 35.5. The number of nitrogens with zero attached hydrogens (tertiary/aromatic N) is 2. The fraction of sp³-hybridized carbons (Fsp3) is 0.200. The van der Waals surface area contributed by atoms with E-state index in [0.717, 1.165) is 26.4 Å². The molecule has 0 aliphatic heterocycles. The topological polar surface area (TPSA) is 46.3 Å². The number of fused-ring (bicyclic) bond motifs is 1. The summed E-state index contributed by atoms with van der Waals surface area (Å²) in [6.07, 6.45) is 1.90. The summed E-state index contributed by atoms with van der Waals surface area (Å²) in [6.45, 7) is 4.48. The lowest BCUT2D eigenvalue weighted by molar-refractivity contribution is -0.118. The van der Waals surface area contributed by atoms with E-state index in [1.807, 2.05) is 24.3 Å². The van der Waals surface area contributed by atoms with Crippen LogP contribution in [-0.2, 0) is 17.8 Å². The molecule has 7 heteroatoms. The molecule has 0 aliphatic rings. The van der Waals surface area contributed by atoms with E-state index in [2.05, 4.69) is 26.0 Å². The van der Waals surface area contributed by atoms with Gasteiger partial charge in [0.25, 0.3) is 0 Å². The van der Waals surface area contributed by atoms with Crippen molar-refractivity contribution < 1.29 is 9.21 Å². The molecule has 0 aliphatic carbocycles. The molecule has 0 unspecified atom stereocenters. The van der Waals surface area contributed by atoms with E-state index < -0.39 is 0 Å². The molecule has 27 heavy (non-hydrogen) atoms. The van der Waals surface area contributed by atoms with Gasteiger partial charge in [0.1, 0.15) is 5.76 Å². The van der Waals surface area contributed by atoms with E-state index in [9.17, 15) is 4.79 Å². The maximum atomic E-state index is 13.1. The third kappa shape index (κ3) is 3.93. The van der Waals surface area contributed by atoms with Crippen molar-refractivity contribution in [1.82, 2.24) is 4.98 Å². The van der Waals surface area contributed by atoms with Gasteiger partial charge in [0.2, 0.25) is 5.91 Å². The second-order valence-electron chi connectivity index (χ2n) is 6.37. The minimum absolute atomic E-state index is 0.0293. The standard InChI is InChI=1S/C20H17ClN2O2S2/c1-12-8-13(2)19-16(9-12)22-20(27-19)23(11-14-4-3-7-25-14)18(24)10-15-5-6-17(21)26-15/h3-9H,10-11H2,1-2H3. The fourth-order valence-electron chi connectivity index (χ4n) is 2.99. The van der Waals surface area contributed by atoms with Crippen LogP contribution in [-0.4, -0.2) is 10.9 Å². The molecule has 0 radical (unpaired) electrons. The number of thiazole rings is 1. The fourth-order valence-corrected chi connectivity index (χ4v) is 5.10. The Hall–Kier alpha value is -2.15. The first kappa shape index (κ1) is 18.2. The molecular weight excluding hydrogens is 400 g/mol. The smallest absolute Gasteiger partial charge is 0.234 e. The molecule has 3 heterocycles. The van der Waals surface area contributed by atoms with Crippen molar-refractivity contribution in [2.75, 3.05) is 4.90 Å². The van der Waals surface area contributed by atoms with Crippen molar-refractivity contribution >= 4 is 55.5 Å². The Kier molecular flexibility index (Phi) is 5.04. The second kappa shape index (κ2) is 7.46. The molecule has 0 bridgehead atoms. The summed E-state index contributed by atoms with van der Waals surface area (Å²) in [4.78, 5) is 20.5. The van der Waals surface area contributed by atoms with Crippen LogP contribution in [0.1, 0.15) is 21.8 Å². The Morgan fingerprint density at radius 1 is 1.22 bits per heavy atom. The highest BCUT2D eigenvalue weighted by Crippen LogP contribution is 2.33. The van der Waals surface area contributed by atoms with E-state index in [0.29, 0.717) is 16.0 Å². The number of hydrogen-bond acceptors (Lipinski definition) is 5. The Morgan fingerprint density at radius 2 is 2.07 bits per heavy atom.